The SMILES string of the molecule is O=C(NCC1CCS(=O)(=O)C1)c1cccnc1N1CCOCC1. The molecule has 8 heteroatoms. The maximum atomic E-state index is 12.5. The summed E-state index contributed by atoms with van der Waals surface area (Å²) in [6.07, 6.45) is 2.29. The number of ether oxygens (including phenoxy) is 1. The number of morpholine rings is 1. The summed E-state index contributed by atoms with van der Waals surface area (Å²) in [5.41, 5.74) is 0.523. The summed E-state index contributed by atoms with van der Waals surface area (Å²) in [4.78, 5) is 18.8. The van der Waals surface area contributed by atoms with Gasteiger partial charge in [-0.05, 0) is 24.5 Å². The molecular formula is C15H21N3O4S. The van der Waals surface area contributed by atoms with Crippen molar-refractivity contribution in [1.82, 2.24) is 10.3 Å². The lowest BCUT2D eigenvalue weighted by atomic mass is 10.1. The third-order valence-corrected chi connectivity index (χ3v) is 6.06. The fourth-order valence-corrected chi connectivity index (χ4v) is 4.83. The van der Waals surface area contributed by atoms with Crippen LogP contribution in [0.15, 0.2) is 18.3 Å². The maximum absolute atomic E-state index is 12.5. The highest BCUT2D eigenvalue weighted by Gasteiger charge is 2.28. The van der Waals surface area contributed by atoms with Gasteiger partial charge in [0.25, 0.3) is 5.91 Å². The number of aromatic nitrogens is 1. The van der Waals surface area contributed by atoms with Crippen molar-refractivity contribution in [1.29, 1.82) is 0 Å². The first-order valence-electron chi connectivity index (χ1n) is 7.81. The first kappa shape index (κ1) is 16.2. The average molecular weight is 339 g/mol. The van der Waals surface area contributed by atoms with E-state index in [0.717, 1.165) is 0 Å². The minimum atomic E-state index is -2.92. The van der Waals surface area contributed by atoms with Gasteiger partial charge in [0, 0.05) is 25.8 Å². The van der Waals surface area contributed by atoms with E-state index in [4.69, 9.17) is 4.74 Å². The molecule has 3 heterocycles. The number of anilines is 1. The predicted molar refractivity (Wildman–Crippen MR) is 86.4 cm³/mol. The van der Waals surface area contributed by atoms with Crippen LogP contribution >= 0.6 is 0 Å². The Hall–Kier alpha value is -1.67. The van der Waals surface area contributed by atoms with Crippen LogP contribution in [-0.2, 0) is 14.6 Å². The number of nitrogens with zero attached hydrogens (tertiary/aromatic N) is 2. The minimum Gasteiger partial charge on any atom is -0.378 e. The van der Waals surface area contributed by atoms with E-state index < -0.39 is 9.84 Å². The highest BCUT2D eigenvalue weighted by Crippen LogP contribution is 2.20. The summed E-state index contributed by atoms with van der Waals surface area (Å²) >= 11 is 0. The van der Waals surface area contributed by atoms with Crippen molar-refractivity contribution in [2.45, 2.75) is 6.42 Å². The smallest absolute Gasteiger partial charge is 0.255 e. The highest BCUT2D eigenvalue weighted by atomic mass is 32.2. The number of rotatable bonds is 4. The molecule has 7 nitrogen and oxygen atoms in total. The van der Waals surface area contributed by atoms with Gasteiger partial charge in [-0.25, -0.2) is 13.4 Å². The Bertz CT molecular complexity index is 671. The first-order valence-corrected chi connectivity index (χ1v) is 9.64. The summed E-state index contributed by atoms with van der Waals surface area (Å²) in [7, 11) is -2.92. The maximum Gasteiger partial charge on any atom is 0.255 e. The zero-order valence-electron chi connectivity index (χ0n) is 12.9. The monoisotopic (exact) mass is 339 g/mol. The van der Waals surface area contributed by atoms with Crippen LogP contribution in [0.5, 0.6) is 0 Å². The number of pyridine rings is 1. The van der Waals surface area contributed by atoms with E-state index in [2.05, 4.69) is 10.3 Å². The van der Waals surface area contributed by atoms with Crippen molar-refractivity contribution in [3.8, 4) is 0 Å². The first-order chi connectivity index (χ1) is 11.1. The molecule has 1 aromatic rings. The Labute approximate surface area is 135 Å². The summed E-state index contributed by atoms with van der Waals surface area (Å²) in [5, 5.41) is 2.86. The molecule has 2 aliphatic heterocycles. The Morgan fingerprint density at radius 2 is 2.17 bits per heavy atom. The molecule has 0 bridgehead atoms. The van der Waals surface area contributed by atoms with Crippen LogP contribution in [0.3, 0.4) is 0 Å². The van der Waals surface area contributed by atoms with E-state index in [1.807, 2.05) is 4.90 Å². The number of sulfone groups is 1. The molecule has 0 spiro atoms. The van der Waals surface area contributed by atoms with Crippen LogP contribution in [0.4, 0.5) is 5.82 Å². The molecule has 126 valence electrons. The molecule has 0 radical (unpaired) electrons. The Balaban J connectivity index is 1.65. The molecular weight excluding hydrogens is 318 g/mol. The van der Waals surface area contributed by atoms with Gasteiger partial charge in [0.1, 0.15) is 5.82 Å². The topological polar surface area (TPSA) is 88.6 Å². The second-order valence-electron chi connectivity index (χ2n) is 5.95. The van der Waals surface area contributed by atoms with E-state index in [-0.39, 0.29) is 23.3 Å². The quantitative estimate of drug-likeness (QED) is 0.836. The lowest BCUT2D eigenvalue weighted by molar-refractivity contribution is 0.0946. The van der Waals surface area contributed by atoms with E-state index in [0.29, 0.717) is 50.7 Å². The average Bonchev–Trinajstić information content (AvgIpc) is 2.92. The van der Waals surface area contributed by atoms with E-state index >= 15 is 0 Å². The molecule has 0 saturated carbocycles. The molecule has 2 saturated heterocycles. The molecule has 1 aromatic heterocycles. The lowest BCUT2D eigenvalue weighted by Gasteiger charge is -2.29. The van der Waals surface area contributed by atoms with Crippen LogP contribution in [0, 0.1) is 5.92 Å². The van der Waals surface area contributed by atoms with Crippen LogP contribution in [0.25, 0.3) is 0 Å². The normalized spacial score (nSPS) is 23.7. The number of amides is 1. The zero-order chi connectivity index (χ0) is 16.3. The molecule has 23 heavy (non-hydrogen) atoms. The molecule has 2 aliphatic rings. The zero-order valence-corrected chi connectivity index (χ0v) is 13.7. The van der Waals surface area contributed by atoms with Crippen LogP contribution < -0.4 is 10.2 Å². The number of nitrogens with one attached hydrogen (secondary N) is 1. The van der Waals surface area contributed by atoms with Gasteiger partial charge in [-0.3, -0.25) is 4.79 Å². The molecule has 1 N–H and O–H groups in total. The van der Waals surface area contributed by atoms with Gasteiger partial charge in [-0.1, -0.05) is 0 Å². The molecule has 1 atom stereocenters. The molecule has 1 amide bonds. The minimum absolute atomic E-state index is 0.00691. The van der Waals surface area contributed by atoms with Gasteiger partial charge < -0.3 is 15.0 Å². The Morgan fingerprint density at radius 1 is 1.39 bits per heavy atom. The van der Waals surface area contributed by atoms with Crippen molar-refractivity contribution >= 4 is 21.6 Å². The van der Waals surface area contributed by atoms with Gasteiger partial charge in [-0.2, -0.15) is 0 Å². The fourth-order valence-electron chi connectivity index (χ4n) is 2.97. The largest absolute Gasteiger partial charge is 0.378 e. The second kappa shape index (κ2) is 6.84. The fraction of sp³-hybridized carbons (Fsp3) is 0.600. The molecule has 1 unspecified atom stereocenters. The number of hydrogen-bond donors (Lipinski definition) is 1. The van der Waals surface area contributed by atoms with Gasteiger partial charge in [-0.15, -0.1) is 0 Å². The second-order valence-corrected chi connectivity index (χ2v) is 8.18. The number of carbonyl (C=O) groups is 1. The summed E-state index contributed by atoms with van der Waals surface area (Å²) in [6.45, 7) is 3.04. The van der Waals surface area contributed by atoms with E-state index in [9.17, 15) is 13.2 Å². The van der Waals surface area contributed by atoms with Gasteiger partial charge in [0.15, 0.2) is 9.84 Å². The lowest BCUT2D eigenvalue weighted by Crippen LogP contribution is -2.39. The predicted octanol–water partition coefficient (Wildman–Crippen LogP) is 0.0827. The van der Waals surface area contributed by atoms with Crippen molar-refractivity contribution in [3.05, 3.63) is 23.9 Å². The van der Waals surface area contributed by atoms with Crippen molar-refractivity contribution in [3.63, 3.8) is 0 Å². The summed E-state index contributed by atoms with van der Waals surface area (Å²) in [6, 6.07) is 3.48. The molecule has 3 rings (SSSR count). The van der Waals surface area contributed by atoms with Crippen LogP contribution in [0.2, 0.25) is 0 Å². The number of hydrogen-bond acceptors (Lipinski definition) is 6. The summed E-state index contributed by atoms with van der Waals surface area (Å²) in [5.74, 6) is 0.847. The van der Waals surface area contributed by atoms with Crippen LogP contribution in [0.1, 0.15) is 16.8 Å². The van der Waals surface area contributed by atoms with Crippen molar-refractivity contribution in [2.24, 2.45) is 5.92 Å². The van der Waals surface area contributed by atoms with Crippen molar-refractivity contribution < 1.29 is 17.9 Å². The highest BCUT2D eigenvalue weighted by molar-refractivity contribution is 7.91. The third-order valence-electron chi connectivity index (χ3n) is 4.22. The van der Waals surface area contributed by atoms with Crippen LogP contribution in [-0.4, -0.2) is 63.7 Å². The van der Waals surface area contributed by atoms with Gasteiger partial charge in [0.05, 0.1) is 30.3 Å². The molecule has 0 aliphatic carbocycles. The van der Waals surface area contributed by atoms with E-state index in [1.165, 1.54) is 0 Å². The Kier molecular flexibility index (Phi) is 4.82. The number of carbonyl (C=O) groups excluding carboxylic acids is 1. The Morgan fingerprint density at radius 3 is 2.87 bits per heavy atom. The third kappa shape index (κ3) is 4.00. The summed E-state index contributed by atoms with van der Waals surface area (Å²) < 4.78 is 28.3. The molecule has 2 fully saturated rings. The van der Waals surface area contributed by atoms with E-state index in [1.54, 1.807) is 18.3 Å². The van der Waals surface area contributed by atoms with Gasteiger partial charge in [0.2, 0.25) is 0 Å². The molecule has 0 aromatic carbocycles. The van der Waals surface area contributed by atoms with Gasteiger partial charge >= 0.3 is 0 Å². The standard InChI is InChI=1S/C15H21N3O4S/c19-15(17-10-12-3-9-23(20,21)11-12)13-2-1-4-16-14(13)18-5-7-22-8-6-18/h1-2,4,12H,3,5-11H2,(H,17,19). The van der Waals surface area contributed by atoms with Crippen molar-refractivity contribution in [2.75, 3.05) is 49.3 Å².